The number of benzene rings is 2. The molecule has 1 amide bonds. The fraction of sp³-hybridized carbons (Fsp3) is 0.250. The van der Waals surface area contributed by atoms with Gasteiger partial charge in [-0.2, -0.15) is 0 Å². The van der Waals surface area contributed by atoms with Crippen LogP contribution in [0.25, 0.3) is 11.1 Å². The van der Waals surface area contributed by atoms with Gasteiger partial charge in [0.25, 0.3) is 0 Å². The van der Waals surface area contributed by atoms with Gasteiger partial charge in [0.2, 0.25) is 5.91 Å². The number of hydrogen-bond donors (Lipinski definition) is 1. The minimum Gasteiger partial charge on any atom is -0.376 e. The molecule has 23 heavy (non-hydrogen) atoms. The van der Waals surface area contributed by atoms with Crippen LogP contribution in [0.5, 0.6) is 0 Å². The van der Waals surface area contributed by atoms with Crippen molar-refractivity contribution < 1.29 is 4.79 Å². The zero-order valence-electron chi connectivity index (χ0n) is 13.9. The van der Waals surface area contributed by atoms with Crippen LogP contribution in [0.1, 0.15) is 13.8 Å². The summed E-state index contributed by atoms with van der Waals surface area (Å²) in [4.78, 5) is 14.0. The van der Waals surface area contributed by atoms with Crippen molar-refractivity contribution in [1.82, 2.24) is 4.90 Å². The average Bonchev–Trinajstić information content (AvgIpc) is 2.58. The highest BCUT2D eigenvalue weighted by Gasteiger charge is 2.11. The molecule has 0 heterocycles. The van der Waals surface area contributed by atoms with Gasteiger partial charge in [-0.1, -0.05) is 54.6 Å². The fourth-order valence-corrected chi connectivity index (χ4v) is 2.40. The van der Waals surface area contributed by atoms with Crippen molar-refractivity contribution in [2.24, 2.45) is 0 Å². The second-order valence-corrected chi connectivity index (χ2v) is 5.66. The maximum absolute atomic E-state index is 12.2. The highest BCUT2D eigenvalue weighted by atomic mass is 16.2. The molecule has 0 saturated heterocycles. The van der Waals surface area contributed by atoms with Gasteiger partial charge in [-0.3, -0.25) is 4.79 Å². The summed E-state index contributed by atoms with van der Waals surface area (Å²) in [6, 6.07) is 18.4. The number of nitrogens with one attached hydrogen (secondary N) is 1. The van der Waals surface area contributed by atoms with Crippen LogP contribution in [-0.2, 0) is 4.79 Å². The highest BCUT2D eigenvalue weighted by Crippen LogP contribution is 2.20. The Balaban J connectivity index is 1.93. The molecule has 0 radical (unpaired) electrons. The first-order chi connectivity index (χ1) is 11.1. The molecule has 0 aliphatic carbocycles. The number of hydrogen-bond acceptors (Lipinski definition) is 2. The van der Waals surface area contributed by atoms with Crippen LogP contribution >= 0.6 is 0 Å². The van der Waals surface area contributed by atoms with Gasteiger partial charge in [0, 0.05) is 18.8 Å². The monoisotopic (exact) mass is 308 g/mol. The van der Waals surface area contributed by atoms with E-state index in [4.69, 9.17) is 0 Å². The Morgan fingerprint density at radius 2 is 1.65 bits per heavy atom. The van der Waals surface area contributed by atoms with E-state index in [1.807, 2.05) is 44.2 Å². The standard InChI is InChI=1S/C20H24N2O/c1-4-22(15-16(2)3)20(23)14-21-19-12-10-18(11-13-19)17-8-6-5-7-9-17/h5-13,21H,2,4,14-15H2,1,3H3. The third-order valence-corrected chi connectivity index (χ3v) is 3.63. The number of amides is 1. The summed E-state index contributed by atoms with van der Waals surface area (Å²) in [6.45, 7) is 9.39. The van der Waals surface area contributed by atoms with E-state index in [1.54, 1.807) is 4.90 Å². The molecular formula is C20H24N2O. The second kappa shape index (κ2) is 8.18. The number of nitrogens with zero attached hydrogens (tertiary/aromatic N) is 1. The molecule has 2 aromatic carbocycles. The van der Waals surface area contributed by atoms with Crippen LogP contribution in [0.3, 0.4) is 0 Å². The maximum atomic E-state index is 12.2. The Morgan fingerprint density at radius 3 is 2.22 bits per heavy atom. The first-order valence-corrected chi connectivity index (χ1v) is 7.91. The first kappa shape index (κ1) is 16.8. The molecule has 0 aliphatic heterocycles. The Morgan fingerprint density at radius 1 is 1.04 bits per heavy atom. The molecular weight excluding hydrogens is 284 g/mol. The third kappa shape index (κ3) is 4.99. The van der Waals surface area contributed by atoms with Crippen LogP contribution in [0, 0.1) is 0 Å². The molecule has 0 unspecified atom stereocenters. The summed E-state index contributed by atoms with van der Waals surface area (Å²) in [6.07, 6.45) is 0. The molecule has 0 atom stereocenters. The van der Waals surface area contributed by atoms with E-state index < -0.39 is 0 Å². The lowest BCUT2D eigenvalue weighted by Crippen LogP contribution is -2.36. The summed E-state index contributed by atoms with van der Waals surface area (Å²) in [5.74, 6) is 0.0858. The van der Waals surface area contributed by atoms with Crippen LogP contribution < -0.4 is 5.32 Å². The van der Waals surface area contributed by atoms with Gasteiger partial charge in [-0.15, -0.1) is 0 Å². The summed E-state index contributed by atoms with van der Waals surface area (Å²) in [5.41, 5.74) is 4.30. The van der Waals surface area contributed by atoms with E-state index in [0.29, 0.717) is 19.6 Å². The highest BCUT2D eigenvalue weighted by molar-refractivity contribution is 5.81. The molecule has 1 N–H and O–H groups in total. The lowest BCUT2D eigenvalue weighted by molar-refractivity contribution is -0.128. The Hall–Kier alpha value is -2.55. The lowest BCUT2D eigenvalue weighted by atomic mass is 10.1. The minimum absolute atomic E-state index is 0.0858. The van der Waals surface area contributed by atoms with Crippen LogP contribution in [-0.4, -0.2) is 30.4 Å². The molecule has 2 aromatic rings. The van der Waals surface area contributed by atoms with Gasteiger partial charge in [0.1, 0.15) is 0 Å². The van der Waals surface area contributed by atoms with Crippen molar-refractivity contribution in [2.45, 2.75) is 13.8 Å². The Bertz CT molecular complexity index is 647. The van der Waals surface area contributed by atoms with E-state index >= 15 is 0 Å². The molecule has 2 rings (SSSR count). The maximum Gasteiger partial charge on any atom is 0.242 e. The normalized spacial score (nSPS) is 10.2. The van der Waals surface area contributed by atoms with Crippen molar-refractivity contribution >= 4 is 11.6 Å². The van der Waals surface area contributed by atoms with E-state index in [1.165, 1.54) is 11.1 Å². The van der Waals surface area contributed by atoms with E-state index in [0.717, 1.165) is 11.3 Å². The predicted molar refractivity (Wildman–Crippen MR) is 97.4 cm³/mol. The topological polar surface area (TPSA) is 32.3 Å². The molecule has 0 bridgehead atoms. The van der Waals surface area contributed by atoms with Gasteiger partial charge >= 0.3 is 0 Å². The lowest BCUT2D eigenvalue weighted by Gasteiger charge is -2.21. The van der Waals surface area contributed by atoms with Crippen molar-refractivity contribution in [3.05, 3.63) is 66.7 Å². The average molecular weight is 308 g/mol. The summed E-state index contributed by atoms with van der Waals surface area (Å²) < 4.78 is 0. The van der Waals surface area contributed by atoms with Gasteiger partial charge in [-0.05, 0) is 37.1 Å². The van der Waals surface area contributed by atoms with Crippen LogP contribution in [0.15, 0.2) is 66.7 Å². The van der Waals surface area contributed by atoms with Gasteiger partial charge in [0.05, 0.1) is 6.54 Å². The SMILES string of the molecule is C=C(C)CN(CC)C(=O)CNc1ccc(-c2ccccc2)cc1. The number of anilines is 1. The molecule has 120 valence electrons. The minimum atomic E-state index is 0.0858. The predicted octanol–water partition coefficient (Wildman–Crippen LogP) is 4.19. The smallest absolute Gasteiger partial charge is 0.242 e. The van der Waals surface area contributed by atoms with Crippen molar-refractivity contribution in [2.75, 3.05) is 25.0 Å². The van der Waals surface area contributed by atoms with E-state index in [-0.39, 0.29) is 5.91 Å². The number of rotatable bonds is 7. The zero-order chi connectivity index (χ0) is 16.7. The van der Waals surface area contributed by atoms with Crippen LogP contribution in [0.4, 0.5) is 5.69 Å². The molecule has 0 fully saturated rings. The summed E-state index contributed by atoms with van der Waals surface area (Å²) >= 11 is 0. The molecule has 3 nitrogen and oxygen atoms in total. The van der Waals surface area contributed by atoms with E-state index in [2.05, 4.69) is 36.2 Å². The zero-order valence-corrected chi connectivity index (χ0v) is 13.9. The first-order valence-electron chi connectivity index (χ1n) is 7.91. The number of likely N-dealkylation sites (N-methyl/N-ethyl adjacent to an activating group) is 1. The largest absolute Gasteiger partial charge is 0.376 e. The molecule has 0 saturated carbocycles. The van der Waals surface area contributed by atoms with Gasteiger partial charge in [-0.25, -0.2) is 0 Å². The van der Waals surface area contributed by atoms with Crippen molar-refractivity contribution in [3.63, 3.8) is 0 Å². The molecule has 0 aliphatic rings. The van der Waals surface area contributed by atoms with Crippen molar-refractivity contribution in [1.29, 1.82) is 0 Å². The summed E-state index contributed by atoms with van der Waals surface area (Å²) in [5, 5.41) is 3.19. The molecule has 0 aromatic heterocycles. The quantitative estimate of drug-likeness (QED) is 0.778. The summed E-state index contributed by atoms with van der Waals surface area (Å²) in [7, 11) is 0. The Kier molecular flexibility index (Phi) is 5.98. The van der Waals surface area contributed by atoms with Crippen LogP contribution in [0.2, 0.25) is 0 Å². The van der Waals surface area contributed by atoms with E-state index in [9.17, 15) is 4.79 Å². The molecule has 0 spiro atoms. The van der Waals surface area contributed by atoms with Crippen molar-refractivity contribution in [3.8, 4) is 11.1 Å². The second-order valence-electron chi connectivity index (χ2n) is 5.66. The Labute approximate surface area is 138 Å². The number of carbonyl (C=O) groups excluding carboxylic acids is 1. The van der Waals surface area contributed by atoms with Gasteiger partial charge < -0.3 is 10.2 Å². The third-order valence-electron chi connectivity index (χ3n) is 3.63. The fourth-order valence-electron chi connectivity index (χ4n) is 2.40. The number of carbonyl (C=O) groups is 1. The van der Waals surface area contributed by atoms with Gasteiger partial charge in [0.15, 0.2) is 0 Å². The molecule has 3 heteroatoms.